The molecule has 0 aromatic rings. The van der Waals surface area contributed by atoms with Crippen LogP contribution in [0.5, 0.6) is 0 Å². The second-order valence-electron chi connectivity index (χ2n) is 5.72. The van der Waals surface area contributed by atoms with Crippen LogP contribution in [0.3, 0.4) is 0 Å². The Labute approximate surface area is 114 Å². The lowest BCUT2D eigenvalue weighted by molar-refractivity contribution is -0.133. The number of hydrogen-bond acceptors (Lipinski definition) is 3. The van der Waals surface area contributed by atoms with Gasteiger partial charge >= 0.3 is 0 Å². The van der Waals surface area contributed by atoms with Crippen molar-refractivity contribution in [3.05, 3.63) is 0 Å². The Hall–Kier alpha value is -1.10. The van der Waals surface area contributed by atoms with Gasteiger partial charge < -0.3 is 16.0 Å². The highest BCUT2D eigenvalue weighted by Crippen LogP contribution is 2.31. The van der Waals surface area contributed by atoms with Crippen LogP contribution in [0.4, 0.5) is 0 Å². The SMILES string of the molecule is CCC(CN)C(=O)NC1CCN(C(=O)C2CC2)CC1. The van der Waals surface area contributed by atoms with Crippen molar-refractivity contribution in [1.82, 2.24) is 10.2 Å². The molecule has 5 nitrogen and oxygen atoms in total. The van der Waals surface area contributed by atoms with Crippen molar-refractivity contribution < 1.29 is 9.59 Å². The summed E-state index contributed by atoms with van der Waals surface area (Å²) in [7, 11) is 0. The van der Waals surface area contributed by atoms with E-state index in [1.165, 1.54) is 0 Å². The standard InChI is InChI=1S/C14H25N3O2/c1-2-10(9-15)13(18)16-12-5-7-17(8-6-12)14(19)11-3-4-11/h10-12H,2-9,15H2,1H3,(H,16,18). The summed E-state index contributed by atoms with van der Waals surface area (Å²) in [5, 5.41) is 3.07. The largest absolute Gasteiger partial charge is 0.353 e. The molecule has 1 heterocycles. The second-order valence-corrected chi connectivity index (χ2v) is 5.72. The van der Waals surface area contributed by atoms with Gasteiger partial charge in [0.25, 0.3) is 0 Å². The minimum Gasteiger partial charge on any atom is -0.353 e. The van der Waals surface area contributed by atoms with E-state index >= 15 is 0 Å². The number of carbonyl (C=O) groups excluding carboxylic acids is 2. The van der Waals surface area contributed by atoms with Gasteiger partial charge in [-0.1, -0.05) is 6.92 Å². The Bertz CT molecular complexity index is 330. The molecule has 1 saturated carbocycles. The molecule has 0 aromatic carbocycles. The summed E-state index contributed by atoms with van der Waals surface area (Å²) in [6.45, 7) is 3.94. The minimum absolute atomic E-state index is 0.0666. The first-order valence-corrected chi connectivity index (χ1v) is 7.45. The van der Waals surface area contributed by atoms with Crippen LogP contribution in [0, 0.1) is 11.8 Å². The van der Waals surface area contributed by atoms with Crippen LogP contribution in [0.2, 0.25) is 0 Å². The molecule has 19 heavy (non-hydrogen) atoms. The van der Waals surface area contributed by atoms with Crippen molar-refractivity contribution in [2.75, 3.05) is 19.6 Å². The zero-order valence-corrected chi connectivity index (χ0v) is 11.7. The molecular formula is C14H25N3O2. The summed E-state index contributed by atoms with van der Waals surface area (Å²) in [5.41, 5.74) is 5.58. The van der Waals surface area contributed by atoms with Crippen molar-refractivity contribution in [3.63, 3.8) is 0 Å². The lowest BCUT2D eigenvalue weighted by Gasteiger charge is -2.33. The predicted octanol–water partition coefficient (Wildman–Crippen LogP) is 0.489. The number of amides is 2. The molecule has 3 N–H and O–H groups in total. The first kappa shape index (κ1) is 14.3. The summed E-state index contributed by atoms with van der Waals surface area (Å²) in [6, 6.07) is 0.205. The van der Waals surface area contributed by atoms with Crippen molar-refractivity contribution in [1.29, 1.82) is 0 Å². The van der Waals surface area contributed by atoms with Gasteiger partial charge in [-0.25, -0.2) is 0 Å². The lowest BCUT2D eigenvalue weighted by Crippen LogP contribution is -2.48. The summed E-state index contributed by atoms with van der Waals surface area (Å²) in [5.74, 6) is 0.606. The number of nitrogens with two attached hydrogens (primary N) is 1. The molecule has 108 valence electrons. The molecule has 2 amide bonds. The van der Waals surface area contributed by atoms with Crippen molar-refractivity contribution in [3.8, 4) is 0 Å². The van der Waals surface area contributed by atoms with Gasteiger partial charge in [-0.15, -0.1) is 0 Å². The van der Waals surface area contributed by atoms with Crippen LogP contribution in [0.25, 0.3) is 0 Å². The van der Waals surface area contributed by atoms with Gasteiger partial charge in [-0.2, -0.15) is 0 Å². The van der Waals surface area contributed by atoms with Crippen molar-refractivity contribution in [2.24, 2.45) is 17.6 Å². The maximum absolute atomic E-state index is 11.9. The van der Waals surface area contributed by atoms with Gasteiger partial charge in [0.15, 0.2) is 0 Å². The highest BCUT2D eigenvalue weighted by Gasteiger charge is 2.35. The van der Waals surface area contributed by atoms with Crippen LogP contribution >= 0.6 is 0 Å². The van der Waals surface area contributed by atoms with E-state index in [0.717, 1.165) is 45.2 Å². The topological polar surface area (TPSA) is 75.4 Å². The van der Waals surface area contributed by atoms with Crippen LogP contribution in [0.15, 0.2) is 0 Å². The summed E-state index contributed by atoms with van der Waals surface area (Å²) < 4.78 is 0. The van der Waals surface area contributed by atoms with Gasteiger partial charge in [0, 0.05) is 37.5 Å². The van der Waals surface area contributed by atoms with Crippen molar-refractivity contribution in [2.45, 2.75) is 45.1 Å². The number of rotatable bonds is 5. The van der Waals surface area contributed by atoms with Gasteiger partial charge in [-0.05, 0) is 32.1 Å². The fourth-order valence-electron chi connectivity index (χ4n) is 2.61. The Balaban J connectivity index is 1.73. The maximum atomic E-state index is 11.9. The molecule has 1 aliphatic carbocycles. The van der Waals surface area contributed by atoms with E-state index in [9.17, 15) is 9.59 Å². The first-order chi connectivity index (χ1) is 9.15. The predicted molar refractivity (Wildman–Crippen MR) is 73.3 cm³/mol. The van der Waals surface area contributed by atoms with Gasteiger partial charge in [0.2, 0.25) is 11.8 Å². The summed E-state index contributed by atoms with van der Waals surface area (Å²) >= 11 is 0. The zero-order chi connectivity index (χ0) is 13.8. The molecule has 5 heteroatoms. The molecule has 1 aliphatic heterocycles. The molecule has 1 unspecified atom stereocenters. The second kappa shape index (κ2) is 6.37. The Morgan fingerprint density at radius 3 is 2.37 bits per heavy atom. The number of hydrogen-bond donors (Lipinski definition) is 2. The number of piperidine rings is 1. The van der Waals surface area contributed by atoms with Gasteiger partial charge in [-0.3, -0.25) is 9.59 Å². The average Bonchev–Trinajstić information content (AvgIpc) is 3.24. The van der Waals surface area contributed by atoms with E-state index in [2.05, 4.69) is 5.32 Å². The molecule has 2 aliphatic rings. The molecule has 2 fully saturated rings. The number of likely N-dealkylation sites (tertiary alicyclic amines) is 1. The molecule has 0 bridgehead atoms. The molecule has 0 radical (unpaired) electrons. The van der Waals surface area contributed by atoms with Crippen LogP contribution in [-0.4, -0.2) is 42.4 Å². The number of nitrogens with zero attached hydrogens (tertiary/aromatic N) is 1. The van der Waals surface area contributed by atoms with E-state index in [0.29, 0.717) is 18.4 Å². The van der Waals surface area contributed by atoms with Crippen LogP contribution in [0.1, 0.15) is 39.0 Å². The molecule has 0 aromatic heterocycles. The molecule has 1 atom stereocenters. The van der Waals surface area contributed by atoms with E-state index in [1.807, 2.05) is 11.8 Å². The minimum atomic E-state index is -0.0777. The third kappa shape index (κ3) is 3.69. The lowest BCUT2D eigenvalue weighted by atomic mass is 10.0. The van der Waals surface area contributed by atoms with Crippen LogP contribution < -0.4 is 11.1 Å². The zero-order valence-electron chi connectivity index (χ0n) is 11.7. The highest BCUT2D eigenvalue weighted by molar-refractivity contribution is 5.81. The summed E-state index contributed by atoms with van der Waals surface area (Å²) in [6.07, 6.45) is 4.63. The van der Waals surface area contributed by atoms with E-state index in [1.54, 1.807) is 0 Å². The first-order valence-electron chi connectivity index (χ1n) is 7.45. The Morgan fingerprint density at radius 2 is 1.89 bits per heavy atom. The van der Waals surface area contributed by atoms with Crippen molar-refractivity contribution >= 4 is 11.8 Å². The Morgan fingerprint density at radius 1 is 1.26 bits per heavy atom. The van der Waals surface area contributed by atoms with Gasteiger partial charge in [0.1, 0.15) is 0 Å². The molecule has 0 spiro atoms. The highest BCUT2D eigenvalue weighted by atomic mass is 16.2. The normalized spacial score (nSPS) is 22.1. The fourth-order valence-corrected chi connectivity index (χ4v) is 2.61. The third-order valence-corrected chi connectivity index (χ3v) is 4.23. The smallest absolute Gasteiger partial charge is 0.225 e. The quantitative estimate of drug-likeness (QED) is 0.761. The Kier molecular flexibility index (Phi) is 4.80. The maximum Gasteiger partial charge on any atom is 0.225 e. The molecule has 1 saturated heterocycles. The monoisotopic (exact) mass is 267 g/mol. The van der Waals surface area contributed by atoms with E-state index in [4.69, 9.17) is 5.73 Å². The summed E-state index contributed by atoms with van der Waals surface area (Å²) in [4.78, 5) is 25.8. The fraction of sp³-hybridized carbons (Fsp3) is 0.857. The average molecular weight is 267 g/mol. The molecular weight excluding hydrogens is 242 g/mol. The van der Waals surface area contributed by atoms with E-state index in [-0.39, 0.29) is 17.9 Å². The van der Waals surface area contributed by atoms with Crippen LogP contribution in [-0.2, 0) is 9.59 Å². The third-order valence-electron chi connectivity index (χ3n) is 4.23. The number of carbonyl (C=O) groups is 2. The molecule has 2 rings (SSSR count). The van der Waals surface area contributed by atoms with Gasteiger partial charge in [0.05, 0.1) is 0 Å². The van der Waals surface area contributed by atoms with E-state index < -0.39 is 0 Å². The number of nitrogens with one attached hydrogen (secondary N) is 1.